The lowest BCUT2D eigenvalue weighted by molar-refractivity contribution is -0.0243. The van der Waals surface area contributed by atoms with Crippen LogP contribution in [0.4, 0.5) is 0 Å². The van der Waals surface area contributed by atoms with Crippen molar-refractivity contribution in [1.29, 1.82) is 0 Å². The third kappa shape index (κ3) is 1.40. The van der Waals surface area contributed by atoms with Gasteiger partial charge in [-0.25, -0.2) is 0 Å². The maximum atomic E-state index is 3.37. The van der Waals surface area contributed by atoms with Crippen LogP contribution in [-0.4, -0.2) is 37.1 Å². The summed E-state index contributed by atoms with van der Waals surface area (Å²) in [5.41, 5.74) is 0.799. The Kier molecular flexibility index (Phi) is 2.10. The van der Waals surface area contributed by atoms with Gasteiger partial charge >= 0.3 is 0 Å². The molecule has 80 valence electrons. The van der Waals surface area contributed by atoms with Crippen LogP contribution in [0.3, 0.4) is 0 Å². The standard InChI is InChI=1S/C12H22N2/c1-10-6-12(7-10)2-4-14(5-3-12)11-8-13-9-11/h10-11,13H,2-9H2,1H3. The topological polar surface area (TPSA) is 15.3 Å². The zero-order chi connectivity index (χ0) is 9.60. The zero-order valence-electron chi connectivity index (χ0n) is 9.26. The van der Waals surface area contributed by atoms with Crippen LogP contribution < -0.4 is 5.32 Å². The van der Waals surface area contributed by atoms with Gasteiger partial charge in [-0.3, -0.25) is 4.90 Å². The molecule has 2 aliphatic heterocycles. The Balaban J connectivity index is 1.52. The van der Waals surface area contributed by atoms with Crippen molar-refractivity contribution in [3.8, 4) is 0 Å². The molecule has 1 saturated carbocycles. The number of piperidine rings is 1. The Morgan fingerprint density at radius 2 is 1.79 bits per heavy atom. The summed E-state index contributed by atoms with van der Waals surface area (Å²) < 4.78 is 0. The predicted molar refractivity (Wildman–Crippen MR) is 58.3 cm³/mol. The summed E-state index contributed by atoms with van der Waals surface area (Å²) in [5.74, 6) is 1.02. The minimum absolute atomic E-state index is 0.799. The Labute approximate surface area is 87.0 Å². The van der Waals surface area contributed by atoms with Crippen molar-refractivity contribution in [2.45, 2.75) is 38.6 Å². The van der Waals surface area contributed by atoms with Gasteiger partial charge in [-0.1, -0.05) is 6.92 Å². The zero-order valence-corrected chi connectivity index (χ0v) is 9.26. The van der Waals surface area contributed by atoms with Crippen LogP contribution in [0, 0.1) is 11.3 Å². The second kappa shape index (κ2) is 3.21. The van der Waals surface area contributed by atoms with E-state index in [-0.39, 0.29) is 0 Å². The minimum Gasteiger partial charge on any atom is -0.314 e. The largest absolute Gasteiger partial charge is 0.314 e. The summed E-state index contributed by atoms with van der Waals surface area (Å²) in [6.07, 6.45) is 6.00. The average molecular weight is 194 g/mol. The molecule has 14 heavy (non-hydrogen) atoms. The molecule has 3 fully saturated rings. The van der Waals surface area contributed by atoms with Crippen LogP contribution in [0.15, 0.2) is 0 Å². The lowest BCUT2D eigenvalue weighted by Gasteiger charge is -2.53. The normalized spacial score (nSPS) is 34.1. The molecule has 1 aliphatic carbocycles. The molecule has 2 heteroatoms. The van der Waals surface area contributed by atoms with Crippen LogP contribution >= 0.6 is 0 Å². The molecule has 2 saturated heterocycles. The van der Waals surface area contributed by atoms with Gasteiger partial charge in [0.05, 0.1) is 0 Å². The van der Waals surface area contributed by atoms with Crippen LogP contribution in [0.5, 0.6) is 0 Å². The number of hydrogen-bond donors (Lipinski definition) is 1. The molecule has 2 heterocycles. The highest BCUT2D eigenvalue weighted by Gasteiger charge is 2.44. The number of hydrogen-bond acceptors (Lipinski definition) is 2. The molecule has 0 aromatic heterocycles. The van der Waals surface area contributed by atoms with Gasteiger partial charge in [0.2, 0.25) is 0 Å². The van der Waals surface area contributed by atoms with E-state index in [1.165, 1.54) is 51.9 Å². The first-order chi connectivity index (χ1) is 6.77. The highest BCUT2D eigenvalue weighted by atomic mass is 15.2. The van der Waals surface area contributed by atoms with E-state index in [1.54, 1.807) is 0 Å². The monoisotopic (exact) mass is 194 g/mol. The third-order valence-electron chi connectivity index (χ3n) is 4.70. The number of nitrogens with one attached hydrogen (secondary N) is 1. The molecule has 0 amide bonds. The van der Waals surface area contributed by atoms with Gasteiger partial charge in [-0.2, -0.15) is 0 Å². The summed E-state index contributed by atoms with van der Waals surface area (Å²) in [5, 5.41) is 3.37. The van der Waals surface area contributed by atoms with Crippen molar-refractivity contribution in [1.82, 2.24) is 10.2 Å². The van der Waals surface area contributed by atoms with Crippen LogP contribution in [0.1, 0.15) is 32.6 Å². The first-order valence-electron chi connectivity index (χ1n) is 6.22. The molecular formula is C12H22N2. The molecule has 0 atom stereocenters. The molecule has 3 aliphatic rings. The first kappa shape index (κ1) is 9.17. The lowest BCUT2D eigenvalue weighted by Crippen LogP contribution is -2.60. The molecule has 1 spiro atoms. The maximum Gasteiger partial charge on any atom is 0.0345 e. The summed E-state index contributed by atoms with van der Waals surface area (Å²) in [7, 11) is 0. The smallest absolute Gasteiger partial charge is 0.0345 e. The molecule has 0 aromatic carbocycles. The lowest BCUT2D eigenvalue weighted by atomic mass is 9.58. The van der Waals surface area contributed by atoms with E-state index >= 15 is 0 Å². The maximum absolute atomic E-state index is 3.37. The van der Waals surface area contributed by atoms with Crippen molar-refractivity contribution in [3.63, 3.8) is 0 Å². The Hall–Kier alpha value is -0.0800. The van der Waals surface area contributed by atoms with Crippen molar-refractivity contribution in [2.75, 3.05) is 26.2 Å². The van der Waals surface area contributed by atoms with Crippen molar-refractivity contribution in [3.05, 3.63) is 0 Å². The fourth-order valence-electron chi connectivity index (χ4n) is 3.72. The van der Waals surface area contributed by atoms with Crippen molar-refractivity contribution >= 4 is 0 Å². The third-order valence-corrected chi connectivity index (χ3v) is 4.70. The van der Waals surface area contributed by atoms with Crippen molar-refractivity contribution in [2.24, 2.45) is 11.3 Å². The second-order valence-corrected chi connectivity index (χ2v) is 5.86. The number of likely N-dealkylation sites (tertiary alicyclic amines) is 1. The minimum atomic E-state index is 0.799. The molecular weight excluding hydrogens is 172 g/mol. The number of rotatable bonds is 1. The SMILES string of the molecule is CC1CC2(CCN(C3CNC3)CC2)C1. The highest BCUT2D eigenvalue weighted by Crippen LogP contribution is 2.52. The van der Waals surface area contributed by atoms with E-state index in [1.807, 2.05) is 0 Å². The Bertz CT molecular complexity index is 206. The molecule has 0 radical (unpaired) electrons. The van der Waals surface area contributed by atoms with E-state index in [0.29, 0.717) is 0 Å². The fourth-order valence-corrected chi connectivity index (χ4v) is 3.72. The van der Waals surface area contributed by atoms with E-state index < -0.39 is 0 Å². The molecule has 1 N–H and O–H groups in total. The summed E-state index contributed by atoms with van der Waals surface area (Å²) in [6.45, 7) is 7.64. The molecule has 0 aromatic rings. The molecule has 0 bridgehead atoms. The fraction of sp³-hybridized carbons (Fsp3) is 1.00. The Morgan fingerprint density at radius 1 is 1.14 bits per heavy atom. The van der Waals surface area contributed by atoms with Gasteiger partial charge < -0.3 is 5.32 Å². The highest BCUT2D eigenvalue weighted by molar-refractivity contribution is 4.97. The average Bonchev–Trinajstić information content (AvgIpc) is 2.03. The molecule has 2 nitrogen and oxygen atoms in total. The van der Waals surface area contributed by atoms with Gasteiger partial charge in [0, 0.05) is 19.1 Å². The van der Waals surface area contributed by atoms with Gasteiger partial charge in [0.15, 0.2) is 0 Å². The molecule has 3 rings (SSSR count). The van der Waals surface area contributed by atoms with Gasteiger partial charge in [-0.05, 0) is 50.1 Å². The van der Waals surface area contributed by atoms with E-state index in [0.717, 1.165) is 17.4 Å². The van der Waals surface area contributed by atoms with Crippen LogP contribution in [-0.2, 0) is 0 Å². The Morgan fingerprint density at radius 3 is 2.21 bits per heavy atom. The van der Waals surface area contributed by atoms with Crippen LogP contribution in [0.2, 0.25) is 0 Å². The number of nitrogens with zero attached hydrogens (tertiary/aromatic N) is 1. The molecule has 0 unspecified atom stereocenters. The van der Waals surface area contributed by atoms with Crippen molar-refractivity contribution < 1.29 is 0 Å². The predicted octanol–water partition coefficient (Wildman–Crippen LogP) is 1.47. The second-order valence-electron chi connectivity index (χ2n) is 5.86. The summed E-state index contributed by atoms with van der Waals surface area (Å²) in [6, 6.07) is 0.879. The first-order valence-corrected chi connectivity index (χ1v) is 6.22. The van der Waals surface area contributed by atoms with Gasteiger partial charge in [0.1, 0.15) is 0 Å². The van der Waals surface area contributed by atoms with Crippen LogP contribution in [0.25, 0.3) is 0 Å². The summed E-state index contributed by atoms with van der Waals surface area (Å²) in [4.78, 5) is 2.71. The van der Waals surface area contributed by atoms with Gasteiger partial charge in [-0.15, -0.1) is 0 Å². The van der Waals surface area contributed by atoms with Gasteiger partial charge in [0.25, 0.3) is 0 Å². The van der Waals surface area contributed by atoms with E-state index in [4.69, 9.17) is 0 Å². The quantitative estimate of drug-likeness (QED) is 0.680. The van der Waals surface area contributed by atoms with E-state index in [9.17, 15) is 0 Å². The van der Waals surface area contributed by atoms with E-state index in [2.05, 4.69) is 17.1 Å². The summed E-state index contributed by atoms with van der Waals surface area (Å²) >= 11 is 0.